The summed E-state index contributed by atoms with van der Waals surface area (Å²) in [6, 6.07) is 0. The molecule has 0 aromatic rings. The summed E-state index contributed by atoms with van der Waals surface area (Å²) < 4.78 is 5.03. The topological polar surface area (TPSA) is 49.8 Å². The van der Waals surface area contributed by atoms with E-state index in [4.69, 9.17) is 9.84 Å². The molecule has 1 amide bonds. The molecule has 4 heteroatoms. The average Bonchev–Trinajstić information content (AvgIpc) is 2.15. The Morgan fingerprint density at radius 1 is 1.57 bits per heavy atom. The standard InChI is InChI=1S/C10H19NO3/c1-9(12)4-2-3-5-11-6-7-14-8-10(11)13/h9,12H,2-8H2,1H3. The van der Waals surface area contributed by atoms with E-state index in [2.05, 4.69) is 0 Å². The van der Waals surface area contributed by atoms with Gasteiger partial charge in [0.15, 0.2) is 0 Å². The van der Waals surface area contributed by atoms with Gasteiger partial charge < -0.3 is 14.7 Å². The Morgan fingerprint density at radius 3 is 3.00 bits per heavy atom. The van der Waals surface area contributed by atoms with Gasteiger partial charge >= 0.3 is 0 Å². The minimum absolute atomic E-state index is 0.0910. The molecule has 0 aromatic heterocycles. The van der Waals surface area contributed by atoms with E-state index < -0.39 is 0 Å². The normalized spacial score (nSPS) is 19.9. The van der Waals surface area contributed by atoms with Gasteiger partial charge in [-0.1, -0.05) is 0 Å². The van der Waals surface area contributed by atoms with Gasteiger partial charge in [0.2, 0.25) is 5.91 Å². The quantitative estimate of drug-likeness (QED) is 0.655. The smallest absolute Gasteiger partial charge is 0.248 e. The van der Waals surface area contributed by atoms with Crippen LogP contribution in [0.4, 0.5) is 0 Å². The summed E-state index contributed by atoms with van der Waals surface area (Å²) >= 11 is 0. The summed E-state index contributed by atoms with van der Waals surface area (Å²) in [7, 11) is 0. The molecule has 1 rings (SSSR count). The Balaban J connectivity index is 2.07. The van der Waals surface area contributed by atoms with E-state index in [9.17, 15) is 4.79 Å². The van der Waals surface area contributed by atoms with Crippen LogP contribution < -0.4 is 0 Å². The Bertz CT molecular complexity index is 182. The third-order valence-corrected chi connectivity index (χ3v) is 2.38. The zero-order chi connectivity index (χ0) is 10.4. The van der Waals surface area contributed by atoms with Crippen LogP contribution in [0.15, 0.2) is 0 Å². The van der Waals surface area contributed by atoms with Crippen molar-refractivity contribution in [2.45, 2.75) is 32.3 Å². The Morgan fingerprint density at radius 2 is 2.36 bits per heavy atom. The second-order valence-corrected chi connectivity index (χ2v) is 3.78. The molecule has 1 N–H and O–H groups in total. The Kier molecular flexibility index (Phi) is 4.90. The third kappa shape index (κ3) is 4.07. The Labute approximate surface area is 84.8 Å². The van der Waals surface area contributed by atoms with E-state index in [1.165, 1.54) is 0 Å². The lowest BCUT2D eigenvalue weighted by Gasteiger charge is -2.26. The summed E-state index contributed by atoms with van der Waals surface area (Å²) in [5.74, 6) is 0.0910. The molecule has 0 aliphatic carbocycles. The molecule has 1 saturated heterocycles. The number of carbonyl (C=O) groups is 1. The number of morpholine rings is 1. The highest BCUT2D eigenvalue weighted by Crippen LogP contribution is 2.04. The lowest BCUT2D eigenvalue weighted by molar-refractivity contribution is -0.142. The zero-order valence-corrected chi connectivity index (χ0v) is 8.74. The molecule has 1 fully saturated rings. The molecule has 0 radical (unpaired) electrons. The molecule has 0 saturated carbocycles. The number of rotatable bonds is 5. The van der Waals surface area contributed by atoms with Gasteiger partial charge in [-0.05, 0) is 26.2 Å². The number of hydrogen-bond donors (Lipinski definition) is 1. The molecule has 1 aliphatic heterocycles. The average molecular weight is 201 g/mol. The number of amides is 1. The van der Waals surface area contributed by atoms with Crippen molar-refractivity contribution in [2.75, 3.05) is 26.3 Å². The van der Waals surface area contributed by atoms with Gasteiger partial charge in [0.1, 0.15) is 6.61 Å². The van der Waals surface area contributed by atoms with E-state index in [1.807, 2.05) is 4.90 Å². The maximum Gasteiger partial charge on any atom is 0.248 e. The third-order valence-electron chi connectivity index (χ3n) is 2.38. The first-order valence-corrected chi connectivity index (χ1v) is 5.23. The zero-order valence-electron chi connectivity index (χ0n) is 8.74. The van der Waals surface area contributed by atoms with E-state index in [1.54, 1.807) is 6.92 Å². The molecule has 0 spiro atoms. The second kappa shape index (κ2) is 5.98. The molecule has 82 valence electrons. The minimum atomic E-state index is -0.226. The van der Waals surface area contributed by atoms with Gasteiger partial charge in [-0.15, -0.1) is 0 Å². The van der Waals surface area contributed by atoms with Crippen LogP contribution in [0.2, 0.25) is 0 Å². The van der Waals surface area contributed by atoms with Crippen LogP contribution in [0.5, 0.6) is 0 Å². The van der Waals surface area contributed by atoms with Crippen molar-refractivity contribution >= 4 is 5.91 Å². The van der Waals surface area contributed by atoms with Crippen LogP contribution in [-0.4, -0.2) is 48.3 Å². The van der Waals surface area contributed by atoms with Gasteiger partial charge in [-0.3, -0.25) is 4.79 Å². The fraction of sp³-hybridized carbons (Fsp3) is 0.900. The van der Waals surface area contributed by atoms with Crippen LogP contribution in [0.3, 0.4) is 0 Å². The van der Waals surface area contributed by atoms with Crippen LogP contribution in [0, 0.1) is 0 Å². The number of nitrogens with zero attached hydrogens (tertiary/aromatic N) is 1. The molecule has 0 aromatic carbocycles. The van der Waals surface area contributed by atoms with Gasteiger partial charge in [0.05, 0.1) is 12.7 Å². The highest BCUT2D eigenvalue weighted by molar-refractivity contribution is 5.77. The number of unbranched alkanes of at least 4 members (excludes halogenated alkanes) is 1. The van der Waals surface area contributed by atoms with E-state index in [0.717, 1.165) is 25.8 Å². The first kappa shape index (κ1) is 11.5. The summed E-state index contributed by atoms with van der Waals surface area (Å²) in [5.41, 5.74) is 0. The first-order chi connectivity index (χ1) is 6.70. The number of ether oxygens (including phenoxy) is 1. The molecule has 14 heavy (non-hydrogen) atoms. The molecule has 1 unspecified atom stereocenters. The van der Waals surface area contributed by atoms with Gasteiger partial charge in [-0.25, -0.2) is 0 Å². The van der Waals surface area contributed by atoms with Crippen molar-refractivity contribution in [2.24, 2.45) is 0 Å². The van der Waals surface area contributed by atoms with E-state index in [-0.39, 0.29) is 18.6 Å². The summed E-state index contributed by atoms with van der Waals surface area (Å²) in [6.07, 6.45) is 2.53. The molecule has 1 aliphatic rings. The van der Waals surface area contributed by atoms with Gasteiger partial charge in [-0.2, -0.15) is 0 Å². The molecule has 1 heterocycles. The van der Waals surface area contributed by atoms with Crippen LogP contribution in [0.25, 0.3) is 0 Å². The van der Waals surface area contributed by atoms with E-state index >= 15 is 0 Å². The molecule has 4 nitrogen and oxygen atoms in total. The molecular weight excluding hydrogens is 182 g/mol. The largest absolute Gasteiger partial charge is 0.393 e. The SMILES string of the molecule is CC(O)CCCCN1CCOCC1=O. The van der Waals surface area contributed by atoms with Crippen LogP contribution in [-0.2, 0) is 9.53 Å². The number of carbonyl (C=O) groups excluding carboxylic acids is 1. The maximum absolute atomic E-state index is 11.3. The summed E-state index contributed by atoms with van der Waals surface area (Å²) in [6.45, 7) is 4.20. The first-order valence-electron chi connectivity index (χ1n) is 5.23. The molecule has 1 atom stereocenters. The van der Waals surface area contributed by atoms with Gasteiger partial charge in [0, 0.05) is 13.1 Å². The van der Waals surface area contributed by atoms with Crippen LogP contribution >= 0.6 is 0 Å². The van der Waals surface area contributed by atoms with E-state index in [0.29, 0.717) is 13.2 Å². The van der Waals surface area contributed by atoms with Crippen molar-refractivity contribution in [3.63, 3.8) is 0 Å². The van der Waals surface area contributed by atoms with Crippen molar-refractivity contribution in [1.29, 1.82) is 0 Å². The fourth-order valence-electron chi connectivity index (χ4n) is 1.53. The van der Waals surface area contributed by atoms with Crippen molar-refractivity contribution in [3.05, 3.63) is 0 Å². The highest BCUT2D eigenvalue weighted by Gasteiger charge is 2.17. The van der Waals surface area contributed by atoms with Crippen LogP contribution in [0.1, 0.15) is 26.2 Å². The second-order valence-electron chi connectivity index (χ2n) is 3.78. The predicted octanol–water partition coefficient (Wildman–Crippen LogP) is 0.396. The molecule has 0 bridgehead atoms. The fourth-order valence-corrected chi connectivity index (χ4v) is 1.53. The van der Waals surface area contributed by atoms with Crippen molar-refractivity contribution in [3.8, 4) is 0 Å². The number of hydrogen-bond acceptors (Lipinski definition) is 3. The van der Waals surface area contributed by atoms with Gasteiger partial charge in [0.25, 0.3) is 0 Å². The highest BCUT2D eigenvalue weighted by atomic mass is 16.5. The predicted molar refractivity (Wildman–Crippen MR) is 52.9 cm³/mol. The lowest BCUT2D eigenvalue weighted by Crippen LogP contribution is -2.42. The minimum Gasteiger partial charge on any atom is -0.393 e. The molecular formula is C10H19NO3. The van der Waals surface area contributed by atoms with Crippen molar-refractivity contribution < 1.29 is 14.6 Å². The lowest BCUT2D eigenvalue weighted by atomic mass is 10.1. The number of aliphatic hydroxyl groups is 1. The summed E-state index contributed by atoms with van der Waals surface area (Å²) in [5, 5.41) is 9.04. The Hall–Kier alpha value is -0.610. The number of aliphatic hydroxyl groups excluding tert-OH is 1. The summed E-state index contributed by atoms with van der Waals surface area (Å²) in [4.78, 5) is 13.1. The monoisotopic (exact) mass is 201 g/mol. The van der Waals surface area contributed by atoms with Crippen molar-refractivity contribution in [1.82, 2.24) is 4.90 Å². The maximum atomic E-state index is 11.3.